The minimum absolute atomic E-state index is 0. The second-order valence-corrected chi connectivity index (χ2v) is 11.0. The first-order valence-corrected chi connectivity index (χ1v) is 12.9. The largest absolute Gasteiger partial charge is 0.480 e. The highest BCUT2D eigenvalue weighted by Gasteiger charge is 2.25. The molecule has 2 aromatic carbocycles. The molecule has 0 spiro atoms. The SMILES string of the molecule is C.CSc1sc(C(=N)N)cc1S(=O)(=O)c1cccc(-c2cc(COCC(=O)O)ccc2C)c1. The normalized spacial score (nSPS) is 11.1. The second kappa shape index (κ2) is 11.0. The van der Waals surface area contributed by atoms with E-state index in [-0.39, 0.29) is 29.7 Å². The van der Waals surface area contributed by atoms with E-state index >= 15 is 0 Å². The monoisotopic (exact) mass is 506 g/mol. The third-order valence-corrected chi connectivity index (χ3v) is 9.00. The molecule has 1 aromatic heterocycles. The number of nitrogen functional groups attached to an aromatic ring is 1. The number of carboxylic acids is 1. The molecule has 4 N–H and O–H groups in total. The van der Waals surface area contributed by atoms with Gasteiger partial charge in [-0.25, -0.2) is 13.2 Å². The van der Waals surface area contributed by atoms with Crippen LogP contribution in [-0.2, 0) is 26.0 Å². The van der Waals surface area contributed by atoms with E-state index in [1.165, 1.54) is 29.2 Å². The van der Waals surface area contributed by atoms with Crippen LogP contribution in [0.25, 0.3) is 11.1 Å². The average Bonchev–Trinajstić information content (AvgIpc) is 3.20. The second-order valence-electron chi connectivity index (χ2n) is 6.95. The van der Waals surface area contributed by atoms with Gasteiger partial charge in [0.1, 0.15) is 12.4 Å². The number of amidine groups is 1. The molecular formula is C23H26N2O5S3. The Balaban J connectivity index is 0.00000385. The molecule has 0 amide bonds. The molecule has 0 aliphatic heterocycles. The molecule has 0 unspecified atom stereocenters. The Morgan fingerprint density at radius 2 is 1.94 bits per heavy atom. The van der Waals surface area contributed by atoms with Crippen LogP contribution >= 0.6 is 23.1 Å². The lowest BCUT2D eigenvalue weighted by atomic mass is 9.98. The molecular weight excluding hydrogens is 480 g/mol. The van der Waals surface area contributed by atoms with Gasteiger partial charge in [0.25, 0.3) is 0 Å². The highest BCUT2D eigenvalue weighted by atomic mass is 32.2. The minimum atomic E-state index is -3.82. The number of carbonyl (C=O) groups is 1. The van der Waals surface area contributed by atoms with Gasteiger partial charge in [0, 0.05) is 0 Å². The highest BCUT2D eigenvalue weighted by molar-refractivity contribution is 8.01. The van der Waals surface area contributed by atoms with Crippen LogP contribution in [0.3, 0.4) is 0 Å². The number of aryl methyl sites for hydroxylation is 1. The third-order valence-electron chi connectivity index (χ3n) is 4.66. The predicted molar refractivity (Wildman–Crippen MR) is 133 cm³/mol. The van der Waals surface area contributed by atoms with Gasteiger partial charge in [-0.05, 0) is 59.7 Å². The van der Waals surface area contributed by atoms with Gasteiger partial charge in [0.05, 0.1) is 25.5 Å². The van der Waals surface area contributed by atoms with Crippen LogP contribution in [0.4, 0.5) is 0 Å². The first-order valence-electron chi connectivity index (χ1n) is 9.40. The Bertz CT molecular complexity index is 1280. The molecule has 10 heteroatoms. The van der Waals surface area contributed by atoms with Crippen LogP contribution in [0.2, 0.25) is 0 Å². The number of sulfone groups is 1. The van der Waals surface area contributed by atoms with Gasteiger partial charge in [-0.15, -0.1) is 23.1 Å². The number of nitrogens with one attached hydrogen (secondary N) is 1. The minimum Gasteiger partial charge on any atom is -0.480 e. The number of carboxylic acid groups (broad SMARTS) is 1. The quantitative estimate of drug-likeness (QED) is 0.216. The van der Waals surface area contributed by atoms with Crippen molar-refractivity contribution < 1.29 is 23.1 Å². The van der Waals surface area contributed by atoms with E-state index in [4.69, 9.17) is 21.0 Å². The van der Waals surface area contributed by atoms with Gasteiger partial charge in [-0.3, -0.25) is 5.41 Å². The van der Waals surface area contributed by atoms with Crippen molar-refractivity contribution in [2.24, 2.45) is 5.73 Å². The zero-order valence-electron chi connectivity index (χ0n) is 17.4. The molecule has 33 heavy (non-hydrogen) atoms. The summed E-state index contributed by atoms with van der Waals surface area (Å²) in [6, 6.07) is 13.7. The van der Waals surface area contributed by atoms with E-state index in [0.29, 0.717) is 9.09 Å². The molecule has 1 heterocycles. The van der Waals surface area contributed by atoms with Crippen molar-refractivity contribution in [3.05, 3.63) is 64.5 Å². The van der Waals surface area contributed by atoms with E-state index in [0.717, 1.165) is 22.3 Å². The summed E-state index contributed by atoms with van der Waals surface area (Å²) in [6.45, 7) is 1.66. The Hall–Kier alpha value is -2.66. The molecule has 3 rings (SSSR count). The van der Waals surface area contributed by atoms with Gasteiger partial charge >= 0.3 is 5.97 Å². The maximum absolute atomic E-state index is 13.4. The number of benzene rings is 2. The lowest BCUT2D eigenvalue weighted by molar-refractivity contribution is -0.142. The third kappa shape index (κ3) is 6.02. The van der Waals surface area contributed by atoms with Gasteiger partial charge in [-0.1, -0.05) is 31.7 Å². The van der Waals surface area contributed by atoms with Crippen LogP contribution in [0.15, 0.2) is 62.5 Å². The van der Waals surface area contributed by atoms with E-state index in [1.54, 1.807) is 24.5 Å². The van der Waals surface area contributed by atoms with Gasteiger partial charge < -0.3 is 15.6 Å². The highest BCUT2D eigenvalue weighted by Crippen LogP contribution is 2.37. The summed E-state index contributed by atoms with van der Waals surface area (Å²) >= 11 is 2.48. The molecule has 0 atom stereocenters. The molecule has 0 bridgehead atoms. The number of nitrogens with two attached hydrogens (primary N) is 1. The van der Waals surface area contributed by atoms with Crippen molar-refractivity contribution in [3.8, 4) is 11.1 Å². The summed E-state index contributed by atoms with van der Waals surface area (Å²) in [5.41, 5.74) is 8.84. The van der Waals surface area contributed by atoms with Crippen molar-refractivity contribution in [2.75, 3.05) is 12.9 Å². The zero-order valence-corrected chi connectivity index (χ0v) is 19.9. The van der Waals surface area contributed by atoms with Crippen molar-refractivity contribution in [2.45, 2.75) is 35.0 Å². The first kappa shape index (κ1) is 26.6. The summed E-state index contributed by atoms with van der Waals surface area (Å²) < 4.78 is 32.5. The number of rotatable bonds is 9. The molecule has 0 saturated carbocycles. The van der Waals surface area contributed by atoms with Crippen LogP contribution in [0.1, 0.15) is 23.4 Å². The van der Waals surface area contributed by atoms with Crippen molar-refractivity contribution >= 4 is 44.7 Å². The Labute approximate surface area is 202 Å². The van der Waals surface area contributed by atoms with E-state index in [2.05, 4.69) is 0 Å². The Morgan fingerprint density at radius 3 is 2.58 bits per heavy atom. The predicted octanol–water partition coefficient (Wildman–Crippen LogP) is 4.80. The fourth-order valence-corrected chi connectivity index (χ4v) is 7.01. The molecule has 7 nitrogen and oxygen atoms in total. The van der Waals surface area contributed by atoms with Gasteiger partial charge in [0.2, 0.25) is 9.84 Å². The molecule has 176 valence electrons. The standard InChI is InChI=1S/C22H22N2O5S3.CH4/c1-13-6-7-14(11-29-12-20(25)26)8-17(13)15-4-3-5-16(9-15)32(27,28)19-10-18(21(23)24)31-22(19)30-2;/h3-10H,11-12H2,1-2H3,(H3,23,24)(H,25,26);1H4. The van der Waals surface area contributed by atoms with Gasteiger partial charge in [-0.2, -0.15) is 0 Å². The fourth-order valence-electron chi connectivity index (χ4n) is 3.10. The summed E-state index contributed by atoms with van der Waals surface area (Å²) in [4.78, 5) is 11.4. The number of ether oxygens (including phenoxy) is 1. The zero-order chi connectivity index (χ0) is 23.5. The van der Waals surface area contributed by atoms with Crippen LogP contribution in [0, 0.1) is 12.3 Å². The van der Waals surface area contributed by atoms with Crippen LogP contribution in [0.5, 0.6) is 0 Å². The fraction of sp³-hybridized carbons (Fsp3) is 0.217. The van der Waals surface area contributed by atoms with E-state index in [9.17, 15) is 13.2 Å². The summed E-state index contributed by atoms with van der Waals surface area (Å²) in [5.74, 6) is -1.21. The summed E-state index contributed by atoms with van der Waals surface area (Å²) in [5, 5.41) is 16.4. The number of aliphatic carboxylic acids is 1. The maximum Gasteiger partial charge on any atom is 0.329 e. The van der Waals surface area contributed by atoms with Crippen molar-refractivity contribution in [1.29, 1.82) is 5.41 Å². The molecule has 0 aliphatic rings. The van der Waals surface area contributed by atoms with E-state index in [1.807, 2.05) is 31.2 Å². The van der Waals surface area contributed by atoms with Crippen LogP contribution in [-0.4, -0.2) is 38.2 Å². The number of hydrogen-bond donors (Lipinski definition) is 3. The average molecular weight is 507 g/mol. The molecule has 0 radical (unpaired) electrons. The number of hydrogen-bond acceptors (Lipinski definition) is 7. The summed E-state index contributed by atoms with van der Waals surface area (Å²) in [7, 11) is -3.82. The first-order chi connectivity index (χ1) is 15.1. The molecule has 0 fully saturated rings. The molecule has 0 aliphatic carbocycles. The maximum atomic E-state index is 13.4. The lowest BCUT2D eigenvalue weighted by Gasteiger charge is -2.11. The lowest BCUT2D eigenvalue weighted by Crippen LogP contribution is -2.08. The van der Waals surface area contributed by atoms with Crippen LogP contribution < -0.4 is 5.73 Å². The number of thioether (sulfide) groups is 1. The van der Waals surface area contributed by atoms with Crippen molar-refractivity contribution in [1.82, 2.24) is 0 Å². The smallest absolute Gasteiger partial charge is 0.329 e. The Morgan fingerprint density at radius 1 is 1.21 bits per heavy atom. The number of thiophene rings is 1. The topological polar surface area (TPSA) is 131 Å². The van der Waals surface area contributed by atoms with Gasteiger partial charge in [0.15, 0.2) is 0 Å². The molecule has 3 aromatic rings. The van der Waals surface area contributed by atoms with E-state index < -0.39 is 22.4 Å². The Kier molecular flexibility index (Phi) is 8.84. The molecule has 0 saturated heterocycles. The van der Waals surface area contributed by atoms with Crippen molar-refractivity contribution in [3.63, 3.8) is 0 Å². The summed E-state index contributed by atoms with van der Waals surface area (Å²) in [6.07, 6.45) is 1.78.